The van der Waals surface area contributed by atoms with Crippen molar-refractivity contribution in [1.29, 1.82) is 0 Å². The van der Waals surface area contributed by atoms with E-state index in [1.165, 1.54) is 5.57 Å². The largest absolute Gasteiger partial charge is 0.339 e. The number of anilines is 2. The number of aromatic nitrogens is 4. The highest BCUT2D eigenvalue weighted by molar-refractivity contribution is 6.00. The fourth-order valence-corrected chi connectivity index (χ4v) is 4.82. The van der Waals surface area contributed by atoms with E-state index in [0.717, 1.165) is 70.9 Å². The molecule has 0 unspecified atom stereocenters. The normalized spacial score (nSPS) is 13.3. The summed E-state index contributed by atoms with van der Waals surface area (Å²) in [6.07, 6.45) is 7.18. The lowest BCUT2D eigenvalue weighted by molar-refractivity contribution is 0.262. The zero-order valence-corrected chi connectivity index (χ0v) is 21.2. The lowest BCUT2D eigenvalue weighted by Crippen LogP contribution is -2.20. The topological polar surface area (TPSA) is 99.7 Å². The molecule has 0 bridgehead atoms. The van der Waals surface area contributed by atoms with Crippen LogP contribution >= 0.6 is 0 Å². The van der Waals surface area contributed by atoms with E-state index in [0.29, 0.717) is 5.69 Å². The Bertz CT molecular complexity index is 1610. The van der Waals surface area contributed by atoms with Gasteiger partial charge in [-0.05, 0) is 67.4 Å². The minimum Gasteiger partial charge on any atom is -0.339 e. The van der Waals surface area contributed by atoms with Crippen molar-refractivity contribution >= 4 is 34.0 Å². The Morgan fingerprint density at radius 1 is 1.00 bits per heavy atom. The first kappa shape index (κ1) is 23.7. The number of hydrogen-bond acceptors (Lipinski definition) is 4. The quantitative estimate of drug-likeness (QED) is 0.224. The highest BCUT2D eigenvalue weighted by atomic mass is 16.2. The summed E-state index contributed by atoms with van der Waals surface area (Å²) in [4.78, 5) is 20.5. The zero-order valence-electron chi connectivity index (χ0n) is 21.2. The molecule has 0 saturated heterocycles. The maximum Gasteiger partial charge on any atom is 0.323 e. The third kappa shape index (κ3) is 4.81. The maximum atomic E-state index is 12.4. The number of para-hydroxylation sites is 1. The van der Waals surface area contributed by atoms with Crippen LogP contribution < -0.4 is 16.0 Å². The highest BCUT2D eigenvalue weighted by Gasteiger charge is 2.18. The average Bonchev–Trinajstić information content (AvgIpc) is 3.59. The molecule has 3 aromatic heterocycles. The minimum absolute atomic E-state index is 0.286. The van der Waals surface area contributed by atoms with Gasteiger partial charge in [-0.3, -0.25) is 4.68 Å². The van der Waals surface area contributed by atoms with Gasteiger partial charge < -0.3 is 20.9 Å². The molecule has 0 aliphatic carbocycles. The Morgan fingerprint density at radius 3 is 2.53 bits per heavy atom. The van der Waals surface area contributed by atoms with Crippen LogP contribution in [0.25, 0.3) is 39.0 Å². The molecule has 8 heteroatoms. The van der Waals surface area contributed by atoms with Gasteiger partial charge >= 0.3 is 6.03 Å². The van der Waals surface area contributed by atoms with Crippen molar-refractivity contribution in [3.8, 4) is 22.4 Å². The van der Waals surface area contributed by atoms with Crippen molar-refractivity contribution in [3.05, 3.63) is 90.9 Å². The van der Waals surface area contributed by atoms with Gasteiger partial charge in [0.05, 0.1) is 0 Å². The molecule has 2 amide bonds. The predicted molar refractivity (Wildman–Crippen MR) is 153 cm³/mol. The van der Waals surface area contributed by atoms with E-state index in [1.807, 2.05) is 65.5 Å². The van der Waals surface area contributed by atoms with Gasteiger partial charge in [0.1, 0.15) is 11.3 Å². The van der Waals surface area contributed by atoms with Gasteiger partial charge in [-0.15, -0.1) is 0 Å². The van der Waals surface area contributed by atoms with Gasteiger partial charge in [0.25, 0.3) is 0 Å². The van der Waals surface area contributed by atoms with E-state index in [4.69, 9.17) is 5.10 Å². The number of fused-ring (bicyclic) bond motifs is 1. The molecule has 6 rings (SSSR count). The maximum absolute atomic E-state index is 12.4. The molecule has 5 aromatic rings. The van der Waals surface area contributed by atoms with Crippen LogP contribution in [-0.2, 0) is 6.54 Å². The zero-order chi connectivity index (χ0) is 25.9. The number of aromatic amines is 1. The molecule has 0 atom stereocenters. The van der Waals surface area contributed by atoms with Crippen molar-refractivity contribution in [3.63, 3.8) is 0 Å². The van der Waals surface area contributed by atoms with Gasteiger partial charge in [-0.1, -0.05) is 36.4 Å². The molecule has 0 fully saturated rings. The number of nitrogens with one attached hydrogen (secondary N) is 4. The number of hydrogen-bond donors (Lipinski definition) is 4. The van der Waals surface area contributed by atoms with Crippen molar-refractivity contribution in [2.45, 2.75) is 19.9 Å². The van der Waals surface area contributed by atoms with Gasteiger partial charge in [0, 0.05) is 59.1 Å². The first-order chi connectivity index (χ1) is 18.7. The number of carbonyl (C=O) groups is 1. The Balaban J connectivity index is 1.30. The van der Waals surface area contributed by atoms with Gasteiger partial charge in [-0.25, -0.2) is 9.78 Å². The van der Waals surface area contributed by atoms with Crippen molar-refractivity contribution in [2.24, 2.45) is 0 Å². The molecule has 0 radical (unpaired) electrons. The van der Waals surface area contributed by atoms with Crippen molar-refractivity contribution in [1.82, 2.24) is 25.1 Å². The number of pyridine rings is 1. The standard InChI is InChI=1S/C30H29N7O/c1-2-37-19-26(24-14-17-32-29-25(24)18-27(35-29)20-12-15-31-16-13-20)28(36-37)21-8-10-23(11-9-21)34-30(38)33-22-6-4-3-5-7-22/h3-12,14,17-19,31H,2,13,15-16H2,1H3,(H,32,35)(H2,33,34,38). The van der Waals surface area contributed by atoms with E-state index in [1.54, 1.807) is 0 Å². The van der Waals surface area contributed by atoms with E-state index in [-0.39, 0.29) is 6.03 Å². The van der Waals surface area contributed by atoms with Crippen molar-refractivity contribution in [2.75, 3.05) is 23.7 Å². The summed E-state index contributed by atoms with van der Waals surface area (Å²) in [6, 6.07) is 21.1. The molecule has 0 saturated carbocycles. The monoisotopic (exact) mass is 503 g/mol. The third-order valence-corrected chi connectivity index (χ3v) is 6.77. The van der Waals surface area contributed by atoms with E-state index in [2.05, 4.69) is 57.2 Å². The van der Waals surface area contributed by atoms with Crippen LogP contribution in [0.15, 0.2) is 85.2 Å². The van der Waals surface area contributed by atoms with E-state index >= 15 is 0 Å². The van der Waals surface area contributed by atoms with E-state index in [9.17, 15) is 4.79 Å². The second kappa shape index (κ2) is 10.4. The second-order valence-corrected chi connectivity index (χ2v) is 9.26. The molecule has 2 aromatic carbocycles. The minimum atomic E-state index is -0.286. The Morgan fingerprint density at radius 2 is 1.79 bits per heavy atom. The number of H-pyrrole nitrogens is 1. The molecule has 4 N–H and O–H groups in total. The van der Waals surface area contributed by atoms with Crippen LogP contribution in [0, 0.1) is 0 Å². The van der Waals surface area contributed by atoms with Crippen LogP contribution in [0.1, 0.15) is 19.0 Å². The van der Waals surface area contributed by atoms with Crippen LogP contribution in [0.3, 0.4) is 0 Å². The van der Waals surface area contributed by atoms with Gasteiger partial charge in [0.15, 0.2) is 0 Å². The fraction of sp³-hybridized carbons (Fsp3) is 0.167. The summed E-state index contributed by atoms with van der Waals surface area (Å²) in [7, 11) is 0. The SMILES string of the molecule is CCn1cc(-c2ccnc3[nH]c(C4=CCNCC4)cc23)c(-c2ccc(NC(=O)Nc3ccccc3)cc2)n1. The number of urea groups is 1. The molecule has 8 nitrogen and oxygen atoms in total. The second-order valence-electron chi connectivity index (χ2n) is 9.26. The summed E-state index contributed by atoms with van der Waals surface area (Å²) in [5.41, 5.74) is 8.76. The Kier molecular flexibility index (Phi) is 6.46. The average molecular weight is 504 g/mol. The van der Waals surface area contributed by atoms with Gasteiger partial charge in [0.2, 0.25) is 0 Å². The number of rotatable bonds is 6. The first-order valence-electron chi connectivity index (χ1n) is 12.9. The molecule has 190 valence electrons. The number of benzene rings is 2. The molecule has 1 aliphatic heterocycles. The smallest absolute Gasteiger partial charge is 0.323 e. The van der Waals surface area contributed by atoms with Crippen LogP contribution in [0.4, 0.5) is 16.2 Å². The number of aryl methyl sites for hydroxylation is 1. The summed E-state index contributed by atoms with van der Waals surface area (Å²) >= 11 is 0. The van der Waals surface area contributed by atoms with Gasteiger partial charge in [-0.2, -0.15) is 5.10 Å². The van der Waals surface area contributed by atoms with Crippen LogP contribution in [-0.4, -0.2) is 38.9 Å². The summed E-state index contributed by atoms with van der Waals surface area (Å²) in [6.45, 7) is 4.71. The molecular formula is C30H29N7O. The lowest BCUT2D eigenvalue weighted by atomic mass is 9.99. The third-order valence-electron chi connectivity index (χ3n) is 6.77. The number of carbonyl (C=O) groups excluding carboxylic acids is 1. The summed E-state index contributed by atoms with van der Waals surface area (Å²) < 4.78 is 1.96. The molecule has 0 spiro atoms. The van der Waals surface area contributed by atoms with Crippen LogP contribution in [0.2, 0.25) is 0 Å². The molecular weight excluding hydrogens is 474 g/mol. The molecule has 4 heterocycles. The number of amides is 2. The van der Waals surface area contributed by atoms with Crippen molar-refractivity contribution < 1.29 is 4.79 Å². The summed E-state index contributed by atoms with van der Waals surface area (Å²) in [5, 5.41) is 15.1. The van der Waals surface area contributed by atoms with Crippen LogP contribution in [0.5, 0.6) is 0 Å². The first-order valence-corrected chi connectivity index (χ1v) is 12.9. The molecule has 38 heavy (non-hydrogen) atoms. The predicted octanol–water partition coefficient (Wildman–Crippen LogP) is 6.13. The Labute approximate surface area is 220 Å². The fourth-order valence-electron chi connectivity index (χ4n) is 4.82. The number of nitrogens with zero attached hydrogens (tertiary/aromatic N) is 3. The summed E-state index contributed by atoms with van der Waals surface area (Å²) in [5.74, 6) is 0. The lowest BCUT2D eigenvalue weighted by Gasteiger charge is -2.12. The Hall–Kier alpha value is -4.69. The van der Waals surface area contributed by atoms with E-state index < -0.39 is 0 Å². The molecule has 1 aliphatic rings. The highest BCUT2D eigenvalue weighted by Crippen LogP contribution is 2.36.